The quantitative estimate of drug-likeness (QED) is 0.691. The fourth-order valence-corrected chi connectivity index (χ4v) is 3.98. The van der Waals surface area contributed by atoms with Crippen molar-refractivity contribution >= 4 is 17.4 Å². The largest absolute Gasteiger partial charge is 0.485 e. The number of carbonyl (C=O) groups is 1. The van der Waals surface area contributed by atoms with Crippen LogP contribution >= 0.6 is 0 Å². The molecule has 0 bridgehead atoms. The molecular weight excluding hydrogens is 356 g/mol. The minimum absolute atomic E-state index is 0.0377. The highest BCUT2D eigenvalue weighted by atomic mass is 16.5. The van der Waals surface area contributed by atoms with Gasteiger partial charge in [-0.1, -0.05) is 0 Å². The number of aromatic nitrogens is 4. The summed E-state index contributed by atoms with van der Waals surface area (Å²) in [6.07, 6.45) is 10.00. The van der Waals surface area contributed by atoms with Crippen LogP contribution in [0.2, 0.25) is 0 Å². The average Bonchev–Trinajstić information content (AvgIpc) is 3.48. The van der Waals surface area contributed by atoms with Gasteiger partial charge in [-0.25, -0.2) is 14.5 Å². The summed E-state index contributed by atoms with van der Waals surface area (Å²) in [6, 6.07) is 5.66. The highest BCUT2D eigenvalue weighted by Crippen LogP contribution is 2.30. The normalized spacial score (nSPS) is 19.5. The van der Waals surface area contributed by atoms with Crippen LogP contribution in [0.3, 0.4) is 0 Å². The molecule has 3 aromatic heterocycles. The first-order valence-electron chi connectivity index (χ1n) is 9.74. The van der Waals surface area contributed by atoms with E-state index in [1.807, 2.05) is 23.2 Å². The number of hydrogen-bond donors (Lipinski definition) is 0. The van der Waals surface area contributed by atoms with Gasteiger partial charge in [-0.05, 0) is 31.0 Å². The molecule has 3 aromatic rings. The lowest BCUT2D eigenvalue weighted by Crippen LogP contribution is -2.31. The van der Waals surface area contributed by atoms with Gasteiger partial charge in [0.25, 0.3) is 5.91 Å². The highest BCUT2D eigenvalue weighted by molar-refractivity contribution is 5.99. The third-order valence-corrected chi connectivity index (χ3v) is 5.39. The van der Waals surface area contributed by atoms with Crippen molar-refractivity contribution in [3.05, 3.63) is 48.5 Å². The van der Waals surface area contributed by atoms with Crippen LogP contribution in [0.4, 0.5) is 5.82 Å². The Hall–Kier alpha value is -3.16. The first-order chi connectivity index (χ1) is 13.8. The Morgan fingerprint density at radius 2 is 1.96 bits per heavy atom. The molecule has 2 aliphatic heterocycles. The maximum absolute atomic E-state index is 13.0. The van der Waals surface area contributed by atoms with Crippen molar-refractivity contribution in [2.45, 2.75) is 25.4 Å². The van der Waals surface area contributed by atoms with Gasteiger partial charge in [0, 0.05) is 44.6 Å². The zero-order chi connectivity index (χ0) is 18.9. The molecule has 8 nitrogen and oxygen atoms in total. The second-order valence-corrected chi connectivity index (χ2v) is 7.25. The number of amides is 1. The standard InChI is InChI=1S/C20H22N6O2/c27-20(16-13-23-26-11-4-8-21-18(16)26)25-12-6-15(14-25)28-17-5-3-7-22-19(17)24-9-1-2-10-24/h3-5,7-8,11,13,15H,1-2,6,9-10,12,14H2/t15-/m1/s1. The van der Waals surface area contributed by atoms with E-state index in [9.17, 15) is 4.79 Å². The van der Waals surface area contributed by atoms with E-state index in [0.717, 1.165) is 31.1 Å². The summed E-state index contributed by atoms with van der Waals surface area (Å²) in [4.78, 5) is 25.9. The molecule has 5 rings (SSSR count). The number of hydrogen-bond acceptors (Lipinski definition) is 6. The number of rotatable bonds is 4. The van der Waals surface area contributed by atoms with Crippen LogP contribution in [0.15, 0.2) is 43.0 Å². The van der Waals surface area contributed by atoms with E-state index in [1.54, 1.807) is 29.2 Å². The molecule has 2 aliphatic rings. The lowest BCUT2D eigenvalue weighted by Gasteiger charge is -2.22. The predicted molar refractivity (Wildman–Crippen MR) is 104 cm³/mol. The van der Waals surface area contributed by atoms with Gasteiger partial charge >= 0.3 is 0 Å². The fraction of sp³-hybridized carbons (Fsp3) is 0.400. The molecule has 0 unspecified atom stereocenters. The maximum atomic E-state index is 13.0. The number of anilines is 1. The number of nitrogens with zero attached hydrogens (tertiary/aromatic N) is 6. The maximum Gasteiger partial charge on any atom is 0.259 e. The second-order valence-electron chi connectivity index (χ2n) is 7.25. The summed E-state index contributed by atoms with van der Waals surface area (Å²) in [5.74, 6) is 1.67. The van der Waals surface area contributed by atoms with E-state index in [0.29, 0.717) is 24.3 Å². The van der Waals surface area contributed by atoms with Crippen molar-refractivity contribution in [3.8, 4) is 5.75 Å². The Morgan fingerprint density at radius 3 is 2.86 bits per heavy atom. The third-order valence-electron chi connectivity index (χ3n) is 5.39. The molecule has 0 saturated carbocycles. The molecule has 144 valence electrons. The zero-order valence-corrected chi connectivity index (χ0v) is 15.6. The fourth-order valence-electron chi connectivity index (χ4n) is 3.98. The minimum atomic E-state index is -0.0502. The Morgan fingerprint density at radius 1 is 1.11 bits per heavy atom. The number of ether oxygens (including phenoxy) is 1. The average molecular weight is 378 g/mol. The van der Waals surface area contributed by atoms with E-state index < -0.39 is 0 Å². The second kappa shape index (κ2) is 7.10. The van der Waals surface area contributed by atoms with Crippen molar-refractivity contribution in [2.75, 3.05) is 31.1 Å². The van der Waals surface area contributed by atoms with Gasteiger partial charge < -0.3 is 14.5 Å². The summed E-state index contributed by atoms with van der Waals surface area (Å²) in [5.41, 5.74) is 1.11. The monoisotopic (exact) mass is 378 g/mol. The van der Waals surface area contributed by atoms with E-state index in [-0.39, 0.29) is 12.0 Å². The number of pyridine rings is 1. The Labute approximate surface area is 162 Å². The van der Waals surface area contributed by atoms with E-state index in [2.05, 4.69) is 20.0 Å². The molecule has 0 N–H and O–H groups in total. The molecule has 2 fully saturated rings. The molecule has 2 saturated heterocycles. The molecule has 0 aliphatic carbocycles. The van der Waals surface area contributed by atoms with Gasteiger partial charge in [-0.15, -0.1) is 0 Å². The third kappa shape index (κ3) is 3.04. The van der Waals surface area contributed by atoms with Gasteiger partial charge in [-0.3, -0.25) is 4.79 Å². The van der Waals surface area contributed by atoms with Crippen LogP contribution in [0.1, 0.15) is 29.6 Å². The zero-order valence-electron chi connectivity index (χ0n) is 15.6. The smallest absolute Gasteiger partial charge is 0.259 e. The van der Waals surface area contributed by atoms with E-state index >= 15 is 0 Å². The molecule has 0 spiro atoms. The van der Waals surface area contributed by atoms with Gasteiger partial charge in [-0.2, -0.15) is 5.10 Å². The van der Waals surface area contributed by atoms with Gasteiger partial charge in [0.1, 0.15) is 11.7 Å². The Kier molecular flexibility index (Phi) is 4.31. The van der Waals surface area contributed by atoms with Crippen molar-refractivity contribution < 1.29 is 9.53 Å². The Balaban J connectivity index is 1.30. The van der Waals surface area contributed by atoms with Gasteiger partial charge in [0.05, 0.1) is 12.7 Å². The van der Waals surface area contributed by atoms with E-state index in [4.69, 9.17) is 4.74 Å². The van der Waals surface area contributed by atoms with Crippen LogP contribution < -0.4 is 9.64 Å². The van der Waals surface area contributed by atoms with Crippen LogP contribution in [0, 0.1) is 0 Å². The molecule has 0 radical (unpaired) electrons. The topological polar surface area (TPSA) is 75.9 Å². The first-order valence-corrected chi connectivity index (χ1v) is 9.74. The molecule has 8 heteroatoms. The summed E-state index contributed by atoms with van der Waals surface area (Å²) in [5, 5.41) is 4.22. The molecular formula is C20H22N6O2. The van der Waals surface area contributed by atoms with Crippen LogP contribution in [0.5, 0.6) is 5.75 Å². The van der Waals surface area contributed by atoms with Crippen molar-refractivity contribution in [1.82, 2.24) is 24.5 Å². The molecule has 1 atom stereocenters. The summed E-state index contributed by atoms with van der Waals surface area (Å²) in [7, 11) is 0. The number of carbonyl (C=O) groups excluding carboxylic acids is 1. The van der Waals surface area contributed by atoms with Crippen molar-refractivity contribution in [3.63, 3.8) is 0 Å². The van der Waals surface area contributed by atoms with Crippen LogP contribution in [0.25, 0.3) is 5.65 Å². The van der Waals surface area contributed by atoms with Crippen molar-refractivity contribution in [1.29, 1.82) is 0 Å². The lowest BCUT2D eigenvalue weighted by molar-refractivity contribution is 0.0774. The Bertz CT molecular complexity index is 997. The highest BCUT2D eigenvalue weighted by Gasteiger charge is 2.31. The molecule has 0 aromatic carbocycles. The number of fused-ring (bicyclic) bond motifs is 1. The SMILES string of the molecule is O=C(c1cnn2cccnc12)N1CC[C@@H](Oc2cccnc2N2CCCC2)C1. The van der Waals surface area contributed by atoms with Crippen molar-refractivity contribution in [2.24, 2.45) is 0 Å². The van der Waals surface area contributed by atoms with E-state index in [1.165, 1.54) is 12.8 Å². The van der Waals surface area contributed by atoms with Gasteiger partial charge in [0.2, 0.25) is 0 Å². The summed E-state index contributed by atoms with van der Waals surface area (Å²) >= 11 is 0. The minimum Gasteiger partial charge on any atom is -0.485 e. The lowest BCUT2D eigenvalue weighted by atomic mass is 10.3. The summed E-state index contributed by atoms with van der Waals surface area (Å²) < 4.78 is 7.89. The predicted octanol–water partition coefficient (Wildman–Crippen LogP) is 2.02. The first kappa shape index (κ1) is 17.0. The van der Waals surface area contributed by atoms with Gasteiger partial charge in [0.15, 0.2) is 17.2 Å². The van der Waals surface area contributed by atoms with Crippen LogP contribution in [-0.2, 0) is 0 Å². The molecule has 1 amide bonds. The molecule has 5 heterocycles. The summed E-state index contributed by atoms with van der Waals surface area (Å²) in [6.45, 7) is 3.25. The number of likely N-dealkylation sites (tertiary alicyclic amines) is 1. The van der Waals surface area contributed by atoms with Crippen LogP contribution in [-0.4, -0.2) is 62.7 Å². The molecule has 28 heavy (non-hydrogen) atoms.